The molecule has 0 radical (unpaired) electrons. The van der Waals surface area contributed by atoms with Gasteiger partial charge in [0.1, 0.15) is 0 Å². The van der Waals surface area contributed by atoms with Crippen LogP contribution in [-0.2, 0) is 19.1 Å². The summed E-state index contributed by atoms with van der Waals surface area (Å²) in [6, 6.07) is 3.60. The molecule has 0 aliphatic heterocycles. The fraction of sp³-hybridized carbons (Fsp3) is 0.500. The molecular weight excluding hydrogens is 294 g/mol. The van der Waals surface area contributed by atoms with Crippen molar-refractivity contribution in [1.82, 2.24) is 4.98 Å². The first-order valence-electron chi connectivity index (χ1n) is 6.58. The first-order chi connectivity index (χ1) is 9.89. The van der Waals surface area contributed by atoms with E-state index in [0.29, 0.717) is 6.42 Å². The zero-order valence-corrected chi connectivity index (χ0v) is 12.6. The molecule has 0 aromatic carbocycles. The molecule has 0 spiro atoms. The van der Waals surface area contributed by atoms with Gasteiger partial charge >= 0.3 is 11.9 Å². The van der Waals surface area contributed by atoms with E-state index in [1.54, 1.807) is 24.5 Å². The molecule has 7 heteroatoms. The van der Waals surface area contributed by atoms with Crippen molar-refractivity contribution in [2.24, 2.45) is 0 Å². The van der Waals surface area contributed by atoms with E-state index in [2.05, 4.69) is 17.6 Å². The Morgan fingerprint density at radius 1 is 1.38 bits per heavy atom. The van der Waals surface area contributed by atoms with Crippen LogP contribution >= 0.6 is 12.6 Å². The van der Waals surface area contributed by atoms with E-state index in [0.717, 1.165) is 5.56 Å². The van der Waals surface area contributed by atoms with Crippen LogP contribution in [0, 0.1) is 0 Å². The lowest BCUT2D eigenvalue weighted by atomic mass is 9.97. The lowest BCUT2D eigenvalue weighted by Gasteiger charge is -2.29. The van der Waals surface area contributed by atoms with Crippen molar-refractivity contribution in [1.29, 1.82) is 0 Å². The summed E-state index contributed by atoms with van der Waals surface area (Å²) in [4.78, 5) is 25.6. The van der Waals surface area contributed by atoms with Gasteiger partial charge in [0.2, 0.25) is 0 Å². The van der Waals surface area contributed by atoms with E-state index >= 15 is 0 Å². The fourth-order valence-corrected chi connectivity index (χ4v) is 2.05. The number of pyridine rings is 1. The molecule has 1 rings (SSSR count). The number of carbonyl (C=O) groups is 2. The van der Waals surface area contributed by atoms with Crippen LogP contribution in [0.4, 0.5) is 0 Å². The number of ether oxygens (including phenoxy) is 1. The lowest BCUT2D eigenvalue weighted by molar-refractivity contribution is -0.152. The normalized spacial score (nSPS) is 15.1. The van der Waals surface area contributed by atoms with Crippen LogP contribution in [0.5, 0.6) is 0 Å². The topological polar surface area (TPSA) is 96.7 Å². The largest absolute Gasteiger partial charge is 0.481 e. The summed E-state index contributed by atoms with van der Waals surface area (Å²) in [5.74, 6) is -2.22. The molecule has 21 heavy (non-hydrogen) atoms. The van der Waals surface area contributed by atoms with Crippen LogP contribution in [0.2, 0.25) is 0 Å². The Kier molecular flexibility index (Phi) is 6.64. The number of rotatable bonds is 9. The third kappa shape index (κ3) is 5.35. The van der Waals surface area contributed by atoms with E-state index < -0.39 is 22.8 Å². The molecular formula is C14H19NO5S. The number of hydrogen-bond acceptors (Lipinski definition) is 5. The number of carboxylic acid groups (broad SMARTS) is 2. The van der Waals surface area contributed by atoms with Crippen LogP contribution in [0.25, 0.3) is 0 Å². The summed E-state index contributed by atoms with van der Waals surface area (Å²) in [5.41, 5.74) is 0.880. The zero-order valence-electron chi connectivity index (χ0n) is 11.7. The van der Waals surface area contributed by atoms with Gasteiger partial charge in [-0.2, -0.15) is 12.6 Å². The van der Waals surface area contributed by atoms with Crippen molar-refractivity contribution in [3.8, 4) is 0 Å². The second-order valence-corrected chi connectivity index (χ2v) is 5.55. The van der Waals surface area contributed by atoms with Crippen molar-refractivity contribution in [3.63, 3.8) is 0 Å². The maximum atomic E-state index is 11.1. The van der Waals surface area contributed by atoms with Crippen molar-refractivity contribution in [3.05, 3.63) is 30.1 Å². The average molecular weight is 313 g/mol. The van der Waals surface area contributed by atoms with Crippen LogP contribution in [0.1, 0.15) is 31.7 Å². The van der Waals surface area contributed by atoms with Crippen LogP contribution in [0.15, 0.2) is 24.5 Å². The van der Waals surface area contributed by atoms with Gasteiger partial charge in [-0.15, -0.1) is 0 Å². The smallest absolute Gasteiger partial charge is 0.332 e. The minimum atomic E-state index is -1.17. The van der Waals surface area contributed by atoms with Gasteiger partial charge in [-0.05, 0) is 30.5 Å². The second kappa shape index (κ2) is 7.99. The molecule has 0 fully saturated rings. The average Bonchev–Trinajstić information content (AvgIpc) is 2.47. The summed E-state index contributed by atoms with van der Waals surface area (Å²) in [5, 5.41) is 17.7. The molecule has 0 amide bonds. The number of carboxylic acids is 2. The molecule has 0 saturated carbocycles. The maximum Gasteiger partial charge on any atom is 0.332 e. The van der Waals surface area contributed by atoms with Crippen molar-refractivity contribution >= 4 is 24.6 Å². The molecule has 1 aromatic rings. The molecule has 0 aliphatic rings. The molecule has 0 saturated heterocycles. The molecule has 2 N–H and O–H groups in total. The quantitative estimate of drug-likeness (QED) is 0.603. The molecule has 2 atom stereocenters. The van der Waals surface area contributed by atoms with Crippen LogP contribution in [0.3, 0.4) is 0 Å². The summed E-state index contributed by atoms with van der Waals surface area (Å²) < 4.78 is 4.77. The highest BCUT2D eigenvalue weighted by Gasteiger charge is 2.29. The highest BCUT2D eigenvalue weighted by molar-refractivity contribution is 7.81. The van der Waals surface area contributed by atoms with Gasteiger partial charge in [0, 0.05) is 18.8 Å². The van der Waals surface area contributed by atoms with E-state index in [1.165, 1.54) is 0 Å². The van der Waals surface area contributed by atoms with E-state index in [9.17, 15) is 9.59 Å². The number of hydrogen-bond donors (Lipinski definition) is 3. The third-order valence-electron chi connectivity index (χ3n) is 3.22. The van der Waals surface area contributed by atoms with Gasteiger partial charge in [0.05, 0.1) is 11.4 Å². The SMILES string of the molecule is CCC(S)(COC(CCC(=O)O)C(=O)O)c1ccncc1. The molecule has 0 bridgehead atoms. The van der Waals surface area contributed by atoms with Crippen LogP contribution < -0.4 is 0 Å². The Labute approximate surface area is 128 Å². The first-order valence-corrected chi connectivity index (χ1v) is 7.03. The summed E-state index contributed by atoms with van der Waals surface area (Å²) in [6.07, 6.45) is 2.42. The van der Waals surface area contributed by atoms with Gasteiger partial charge in [-0.3, -0.25) is 9.78 Å². The van der Waals surface area contributed by atoms with E-state index in [1.807, 2.05) is 6.92 Å². The molecule has 1 aromatic heterocycles. The van der Waals surface area contributed by atoms with Gasteiger partial charge in [-0.25, -0.2) is 4.79 Å². The summed E-state index contributed by atoms with van der Waals surface area (Å²) >= 11 is 4.60. The Morgan fingerprint density at radius 2 is 2.00 bits per heavy atom. The van der Waals surface area contributed by atoms with E-state index in [-0.39, 0.29) is 19.4 Å². The van der Waals surface area contributed by atoms with Crippen molar-refractivity contribution < 1.29 is 24.5 Å². The van der Waals surface area contributed by atoms with Gasteiger partial charge in [-0.1, -0.05) is 6.92 Å². The molecule has 116 valence electrons. The zero-order chi connectivity index (χ0) is 15.9. The van der Waals surface area contributed by atoms with E-state index in [4.69, 9.17) is 14.9 Å². The van der Waals surface area contributed by atoms with Crippen LogP contribution in [-0.4, -0.2) is 39.8 Å². The predicted octanol–water partition coefficient (Wildman–Crippen LogP) is 1.95. The number of thiol groups is 1. The predicted molar refractivity (Wildman–Crippen MR) is 79.4 cm³/mol. The Balaban J connectivity index is 2.72. The lowest BCUT2D eigenvalue weighted by Crippen LogP contribution is -2.32. The van der Waals surface area contributed by atoms with Gasteiger partial charge in [0.15, 0.2) is 6.10 Å². The highest BCUT2D eigenvalue weighted by atomic mass is 32.1. The minimum Gasteiger partial charge on any atom is -0.481 e. The molecule has 1 heterocycles. The van der Waals surface area contributed by atoms with Gasteiger partial charge < -0.3 is 14.9 Å². The molecule has 2 unspecified atom stereocenters. The minimum absolute atomic E-state index is 0.0748. The Bertz CT molecular complexity index is 482. The standard InChI is InChI=1S/C14H19NO5S/c1-2-14(21,10-5-7-15-8-6-10)9-20-11(13(18)19)3-4-12(16)17/h5-8,11,21H,2-4,9H2,1H3,(H,16,17)(H,18,19). The third-order valence-corrected chi connectivity index (χ3v) is 3.93. The van der Waals surface area contributed by atoms with Crippen molar-refractivity contribution in [2.45, 2.75) is 37.0 Å². The van der Waals surface area contributed by atoms with Gasteiger partial charge in [0.25, 0.3) is 0 Å². The first kappa shape index (κ1) is 17.5. The Morgan fingerprint density at radius 3 is 2.48 bits per heavy atom. The fourth-order valence-electron chi connectivity index (χ4n) is 1.82. The summed E-state index contributed by atoms with van der Waals surface area (Å²) in [6.45, 7) is 2.00. The highest BCUT2D eigenvalue weighted by Crippen LogP contribution is 2.32. The molecule has 6 nitrogen and oxygen atoms in total. The maximum absolute atomic E-state index is 11.1. The number of aromatic nitrogens is 1. The monoisotopic (exact) mass is 313 g/mol. The Hall–Kier alpha value is -1.60. The summed E-state index contributed by atoms with van der Waals surface area (Å²) in [7, 11) is 0. The number of aliphatic carboxylic acids is 2. The second-order valence-electron chi connectivity index (χ2n) is 4.69. The number of nitrogens with zero attached hydrogens (tertiary/aromatic N) is 1. The molecule has 0 aliphatic carbocycles. The van der Waals surface area contributed by atoms with Crippen molar-refractivity contribution in [2.75, 3.05) is 6.61 Å².